The maximum Gasteiger partial charge on any atom is 0.154 e. The molecule has 0 spiro atoms. The van der Waals surface area contributed by atoms with Gasteiger partial charge in [0.15, 0.2) is 5.82 Å². The Morgan fingerprint density at radius 3 is 2.80 bits per heavy atom. The summed E-state index contributed by atoms with van der Waals surface area (Å²) in [6.45, 7) is 0. The lowest BCUT2D eigenvalue weighted by Gasteiger charge is -2.18. The third-order valence-corrected chi connectivity index (χ3v) is 4.15. The Bertz CT molecular complexity index is 582. The first-order valence-corrected chi connectivity index (χ1v) is 7.46. The van der Waals surface area contributed by atoms with Crippen LogP contribution in [0, 0.1) is 0 Å². The van der Waals surface area contributed by atoms with Crippen LogP contribution in [0.3, 0.4) is 0 Å². The van der Waals surface area contributed by atoms with Crippen LogP contribution in [0.25, 0.3) is 0 Å². The number of nitrogens with zero attached hydrogens (tertiary/aromatic N) is 3. The van der Waals surface area contributed by atoms with Gasteiger partial charge in [0.05, 0.1) is 0 Å². The van der Waals surface area contributed by atoms with Gasteiger partial charge in [-0.25, -0.2) is 4.98 Å². The maximum absolute atomic E-state index is 5.83. The third kappa shape index (κ3) is 2.84. The van der Waals surface area contributed by atoms with E-state index in [1.54, 1.807) is 0 Å². The molecule has 106 valence electrons. The maximum atomic E-state index is 5.83. The van der Waals surface area contributed by atoms with Crippen LogP contribution < -0.4 is 5.73 Å². The monoisotopic (exact) mass is 270 g/mol. The Morgan fingerprint density at radius 2 is 2.05 bits per heavy atom. The van der Waals surface area contributed by atoms with Gasteiger partial charge in [-0.05, 0) is 30.5 Å². The number of anilines is 1. The normalized spacial score (nSPS) is 16.4. The van der Waals surface area contributed by atoms with Crippen molar-refractivity contribution in [2.24, 2.45) is 7.05 Å². The quantitative estimate of drug-likeness (QED) is 0.872. The molecule has 2 aromatic rings. The second kappa shape index (κ2) is 5.65. The van der Waals surface area contributed by atoms with Crippen LogP contribution >= 0.6 is 0 Å². The van der Waals surface area contributed by atoms with Crippen LogP contribution in [-0.2, 0) is 13.5 Å². The summed E-state index contributed by atoms with van der Waals surface area (Å²) in [5, 5.41) is 4.63. The van der Waals surface area contributed by atoms with E-state index in [-0.39, 0.29) is 0 Å². The molecule has 1 aliphatic rings. The Morgan fingerprint density at radius 1 is 1.25 bits per heavy atom. The predicted molar refractivity (Wildman–Crippen MR) is 80.5 cm³/mol. The highest BCUT2D eigenvalue weighted by molar-refractivity contribution is 5.41. The van der Waals surface area contributed by atoms with Gasteiger partial charge in [-0.1, -0.05) is 31.4 Å². The smallest absolute Gasteiger partial charge is 0.154 e. The predicted octanol–water partition coefficient (Wildman–Crippen LogP) is 3.04. The third-order valence-electron chi connectivity index (χ3n) is 4.15. The summed E-state index contributed by atoms with van der Waals surface area (Å²) in [6, 6.07) is 8.00. The lowest BCUT2D eigenvalue weighted by Crippen LogP contribution is -2.06. The lowest BCUT2D eigenvalue weighted by molar-refractivity contribution is 0.427. The van der Waals surface area contributed by atoms with E-state index >= 15 is 0 Å². The Labute approximate surface area is 120 Å². The minimum atomic E-state index is 0.560. The van der Waals surface area contributed by atoms with E-state index in [9.17, 15) is 0 Å². The van der Waals surface area contributed by atoms with Crippen molar-refractivity contribution in [3.8, 4) is 0 Å². The van der Waals surface area contributed by atoms with Crippen molar-refractivity contribution < 1.29 is 0 Å². The van der Waals surface area contributed by atoms with Crippen molar-refractivity contribution in [1.29, 1.82) is 0 Å². The summed E-state index contributed by atoms with van der Waals surface area (Å²) in [6.07, 6.45) is 7.26. The SMILES string of the molecule is Cn1nc(C2CCCCC2)nc1Cc1cccc(N)c1. The molecule has 4 nitrogen and oxygen atoms in total. The molecule has 20 heavy (non-hydrogen) atoms. The van der Waals surface area contributed by atoms with E-state index in [0.717, 1.165) is 23.8 Å². The molecule has 0 aliphatic heterocycles. The summed E-state index contributed by atoms with van der Waals surface area (Å²) < 4.78 is 1.92. The van der Waals surface area contributed by atoms with Gasteiger partial charge < -0.3 is 5.73 Å². The van der Waals surface area contributed by atoms with Gasteiger partial charge in [0.2, 0.25) is 0 Å². The van der Waals surface area contributed by atoms with E-state index in [2.05, 4.69) is 11.2 Å². The minimum Gasteiger partial charge on any atom is -0.399 e. The molecular weight excluding hydrogens is 248 g/mol. The average Bonchev–Trinajstić information content (AvgIpc) is 2.81. The van der Waals surface area contributed by atoms with Gasteiger partial charge in [0.25, 0.3) is 0 Å². The van der Waals surface area contributed by atoms with Crippen LogP contribution in [-0.4, -0.2) is 14.8 Å². The standard InChI is InChI=1S/C16H22N4/c1-20-15(11-12-6-5-9-14(17)10-12)18-16(19-20)13-7-3-2-4-8-13/h5-6,9-10,13H,2-4,7-8,11,17H2,1H3. The van der Waals surface area contributed by atoms with Crippen LogP contribution in [0.5, 0.6) is 0 Å². The molecule has 1 fully saturated rings. The zero-order valence-electron chi connectivity index (χ0n) is 12.0. The summed E-state index contributed by atoms with van der Waals surface area (Å²) in [4.78, 5) is 4.77. The fourth-order valence-corrected chi connectivity index (χ4v) is 3.01. The van der Waals surface area contributed by atoms with Crippen LogP contribution in [0.2, 0.25) is 0 Å². The zero-order valence-corrected chi connectivity index (χ0v) is 12.0. The number of hydrogen-bond donors (Lipinski definition) is 1. The van der Waals surface area contributed by atoms with Crippen molar-refractivity contribution in [2.75, 3.05) is 5.73 Å². The molecule has 1 saturated carbocycles. The molecule has 2 N–H and O–H groups in total. The molecule has 1 aromatic heterocycles. The number of nitrogens with two attached hydrogens (primary N) is 1. The van der Waals surface area contributed by atoms with Crippen LogP contribution in [0.4, 0.5) is 5.69 Å². The largest absolute Gasteiger partial charge is 0.399 e. The fourth-order valence-electron chi connectivity index (χ4n) is 3.01. The highest BCUT2D eigenvalue weighted by Gasteiger charge is 2.20. The van der Waals surface area contributed by atoms with E-state index in [1.807, 2.05) is 29.9 Å². The molecule has 0 amide bonds. The summed E-state index contributed by atoms with van der Waals surface area (Å²) in [5.74, 6) is 2.62. The molecule has 0 atom stereocenters. The molecule has 1 aliphatic carbocycles. The molecule has 0 saturated heterocycles. The number of rotatable bonds is 3. The highest BCUT2D eigenvalue weighted by Crippen LogP contribution is 2.30. The number of nitrogen functional groups attached to an aromatic ring is 1. The molecule has 0 unspecified atom stereocenters. The highest BCUT2D eigenvalue weighted by atomic mass is 15.3. The van der Waals surface area contributed by atoms with E-state index in [1.165, 1.54) is 37.7 Å². The summed E-state index contributed by atoms with van der Waals surface area (Å²) in [7, 11) is 1.99. The van der Waals surface area contributed by atoms with Crippen LogP contribution in [0.1, 0.15) is 55.2 Å². The second-order valence-corrected chi connectivity index (χ2v) is 5.77. The van der Waals surface area contributed by atoms with E-state index in [4.69, 9.17) is 10.7 Å². The van der Waals surface area contributed by atoms with Gasteiger partial charge in [-0.3, -0.25) is 4.68 Å². The van der Waals surface area contributed by atoms with Crippen molar-refractivity contribution in [2.45, 2.75) is 44.4 Å². The molecule has 0 bridgehead atoms. The van der Waals surface area contributed by atoms with Gasteiger partial charge >= 0.3 is 0 Å². The first kappa shape index (κ1) is 13.2. The first-order valence-electron chi connectivity index (χ1n) is 7.46. The van der Waals surface area contributed by atoms with Crippen molar-refractivity contribution in [3.05, 3.63) is 41.5 Å². The van der Waals surface area contributed by atoms with Gasteiger partial charge in [0, 0.05) is 25.1 Å². The molecule has 3 rings (SSSR count). The zero-order chi connectivity index (χ0) is 13.9. The van der Waals surface area contributed by atoms with Gasteiger partial charge in [-0.15, -0.1) is 0 Å². The lowest BCUT2D eigenvalue weighted by atomic mass is 9.89. The van der Waals surface area contributed by atoms with Crippen molar-refractivity contribution in [3.63, 3.8) is 0 Å². The molecule has 0 radical (unpaired) electrons. The number of benzene rings is 1. The topological polar surface area (TPSA) is 56.7 Å². The van der Waals surface area contributed by atoms with Crippen LogP contribution in [0.15, 0.2) is 24.3 Å². The average molecular weight is 270 g/mol. The van der Waals surface area contributed by atoms with Crippen molar-refractivity contribution in [1.82, 2.24) is 14.8 Å². The Kier molecular flexibility index (Phi) is 3.72. The number of aromatic nitrogens is 3. The summed E-state index contributed by atoms with van der Waals surface area (Å²) >= 11 is 0. The fraction of sp³-hybridized carbons (Fsp3) is 0.500. The Hall–Kier alpha value is -1.84. The minimum absolute atomic E-state index is 0.560. The van der Waals surface area contributed by atoms with Crippen molar-refractivity contribution >= 4 is 5.69 Å². The Balaban J connectivity index is 1.78. The van der Waals surface area contributed by atoms with E-state index in [0.29, 0.717) is 5.92 Å². The number of aryl methyl sites for hydroxylation is 1. The molecule has 1 aromatic carbocycles. The van der Waals surface area contributed by atoms with E-state index < -0.39 is 0 Å². The number of hydrogen-bond acceptors (Lipinski definition) is 3. The first-order chi connectivity index (χ1) is 9.72. The van der Waals surface area contributed by atoms with Gasteiger partial charge in [0.1, 0.15) is 5.82 Å². The summed E-state index contributed by atoms with van der Waals surface area (Å²) in [5.41, 5.74) is 7.82. The molecule has 4 heteroatoms. The molecular formula is C16H22N4. The van der Waals surface area contributed by atoms with Gasteiger partial charge in [-0.2, -0.15) is 5.10 Å². The molecule has 1 heterocycles. The second-order valence-electron chi connectivity index (χ2n) is 5.77.